The molecule has 1 aromatic carbocycles. The van der Waals surface area contributed by atoms with Gasteiger partial charge < -0.3 is 20.8 Å². The smallest absolute Gasteiger partial charge is 0.315 e. The third-order valence-corrected chi connectivity index (χ3v) is 3.25. The number of nitrogens with one attached hydrogen (secondary N) is 2. The van der Waals surface area contributed by atoms with Crippen LogP contribution in [-0.2, 0) is 6.54 Å². The Labute approximate surface area is 124 Å². The number of benzene rings is 1. The Bertz CT molecular complexity index is 449. The molecule has 0 saturated carbocycles. The Morgan fingerprint density at radius 2 is 2.10 bits per heavy atom. The number of carbonyl (C=O) groups excluding carboxylic acids is 1. The Morgan fingerprint density at radius 1 is 1.33 bits per heavy atom. The second-order valence-corrected chi connectivity index (χ2v) is 5.02. The molecule has 0 bridgehead atoms. The molecule has 1 atom stereocenters. The molecule has 1 unspecified atom stereocenters. The Kier molecular flexibility index (Phi) is 7.53. The first kappa shape index (κ1) is 17.2. The van der Waals surface area contributed by atoms with Gasteiger partial charge in [0.15, 0.2) is 11.6 Å². The molecule has 0 aliphatic rings. The summed E-state index contributed by atoms with van der Waals surface area (Å²) in [7, 11) is 0. The fourth-order valence-corrected chi connectivity index (χ4v) is 2.08. The number of urea groups is 1. The summed E-state index contributed by atoms with van der Waals surface area (Å²) in [4.78, 5) is 11.7. The molecule has 0 radical (unpaired) electrons. The molecule has 2 amide bonds. The van der Waals surface area contributed by atoms with Gasteiger partial charge in [-0.15, -0.1) is 0 Å². The van der Waals surface area contributed by atoms with Crippen LogP contribution >= 0.6 is 0 Å². The van der Waals surface area contributed by atoms with Crippen LogP contribution in [0.4, 0.5) is 9.18 Å². The zero-order valence-electron chi connectivity index (χ0n) is 12.2. The van der Waals surface area contributed by atoms with Gasteiger partial charge in [-0.3, -0.25) is 0 Å². The van der Waals surface area contributed by atoms with Crippen molar-refractivity contribution in [3.63, 3.8) is 0 Å². The zero-order valence-corrected chi connectivity index (χ0v) is 12.2. The molecule has 6 heteroatoms. The van der Waals surface area contributed by atoms with E-state index in [4.69, 9.17) is 10.2 Å². The van der Waals surface area contributed by atoms with E-state index in [0.29, 0.717) is 18.5 Å². The number of amides is 2. The molecular formula is C15H23FN2O3. The third kappa shape index (κ3) is 6.44. The van der Waals surface area contributed by atoms with Crippen LogP contribution in [-0.4, -0.2) is 29.4 Å². The number of phenols is 1. The number of carbonyl (C=O) groups is 1. The van der Waals surface area contributed by atoms with Crippen LogP contribution in [0.25, 0.3) is 0 Å². The van der Waals surface area contributed by atoms with E-state index in [0.717, 1.165) is 12.8 Å². The molecule has 0 heterocycles. The maximum atomic E-state index is 13.1. The zero-order chi connectivity index (χ0) is 15.7. The number of aromatic hydroxyl groups is 1. The lowest BCUT2D eigenvalue weighted by Gasteiger charge is -2.16. The molecule has 1 rings (SSSR count). The van der Waals surface area contributed by atoms with Crippen molar-refractivity contribution in [2.75, 3.05) is 13.2 Å². The highest BCUT2D eigenvalue weighted by Gasteiger charge is 2.09. The van der Waals surface area contributed by atoms with E-state index in [-0.39, 0.29) is 25.1 Å². The SMILES string of the molecule is CCCC(CCO)CNC(=O)NCc1ccc(O)c(F)c1. The molecule has 0 spiro atoms. The van der Waals surface area contributed by atoms with Gasteiger partial charge in [-0.05, 0) is 36.5 Å². The van der Waals surface area contributed by atoms with Crippen LogP contribution in [0.1, 0.15) is 31.7 Å². The quantitative estimate of drug-likeness (QED) is 0.593. The van der Waals surface area contributed by atoms with Gasteiger partial charge in [0.2, 0.25) is 0 Å². The lowest BCUT2D eigenvalue weighted by Crippen LogP contribution is -2.38. The normalized spacial score (nSPS) is 12.0. The molecule has 0 aromatic heterocycles. The Balaban J connectivity index is 2.34. The minimum Gasteiger partial charge on any atom is -0.505 e. The molecular weight excluding hydrogens is 275 g/mol. The average Bonchev–Trinajstić information content (AvgIpc) is 2.46. The summed E-state index contributed by atoms with van der Waals surface area (Å²) in [5.74, 6) is -0.854. The van der Waals surface area contributed by atoms with Crippen molar-refractivity contribution < 1.29 is 19.4 Å². The van der Waals surface area contributed by atoms with Crippen molar-refractivity contribution in [3.05, 3.63) is 29.6 Å². The lowest BCUT2D eigenvalue weighted by atomic mass is 10.0. The minimum atomic E-state index is -0.708. The summed E-state index contributed by atoms with van der Waals surface area (Å²) in [6.07, 6.45) is 2.61. The van der Waals surface area contributed by atoms with E-state index in [1.165, 1.54) is 12.1 Å². The highest BCUT2D eigenvalue weighted by Crippen LogP contribution is 2.15. The van der Waals surface area contributed by atoms with E-state index in [2.05, 4.69) is 17.6 Å². The predicted molar refractivity (Wildman–Crippen MR) is 78.4 cm³/mol. The molecule has 1 aromatic rings. The molecule has 118 valence electrons. The van der Waals surface area contributed by atoms with Crippen molar-refractivity contribution in [1.29, 1.82) is 0 Å². The fraction of sp³-hybridized carbons (Fsp3) is 0.533. The number of aliphatic hydroxyl groups is 1. The Hall–Kier alpha value is -1.82. The monoisotopic (exact) mass is 298 g/mol. The van der Waals surface area contributed by atoms with Crippen molar-refractivity contribution in [1.82, 2.24) is 10.6 Å². The maximum Gasteiger partial charge on any atom is 0.315 e. The van der Waals surface area contributed by atoms with E-state index in [9.17, 15) is 9.18 Å². The van der Waals surface area contributed by atoms with Gasteiger partial charge in [0.1, 0.15) is 0 Å². The molecule has 0 fully saturated rings. The van der Waals surface area contributed by atoms with Crippen molar-refractivity contribution in [2.45, 2.75) is 32.7 Å². The number of halogens is 1. The number of phenolic OH excluding ortho intramolecular Hbond substituents is 1. The topological polar surface area (TPSA) is 81.6 Å². The van der Waals surface area contributed by atoms with E-state index in [1.807, 2.05) is 0 Å². The van der Waals surface area contributed by atoms with Crippen LogP contribution in [0.15, 0.2) is 18.2 Å². The highest BCUT2D eigenvalue weighted by molar-refractivity contribution is 5.73. The number of aliphatic hydroxyl groups excluding tert-OH is 1. The number of hydrogen-bond donors (Lipinski definition) is 4. The number of hydrogen-bond acceptors (Lipinski definition) is 3. The lowest BCUT2D eigenvalue weighted by molar-refractivity contribution is 0.229. The summed E-state index contributed by atoms with van der Waals surface area (Å²) in [6.45, 7) is 2.86. The summed E-state index contributed by atoms with van der Waals surface area (Å²) < 4.78 is 13.1. The standard InChI is InChI=1S/C15H23FN2O3/c1-2-3-11(6-7-19)9-17-15(21)18-10-12-4-5-14(20)13(16)8-12/h4-5,8,11,19-20H,2-3,6-7,9-10H2,1H3,(H2,17,18,21). The van der Waals surface area contributed by atoms with Crippen LogP contribution in [0.5, 0.6) is 5.75 Å². The van der Waals surface area contributed by atoms with E-state index >= 15 is 0 Å². The van der Waals surface area contributed by atoms with E-state index < -0.39 is 11.6 Å². The van der Waals surface area contributed by atoms with E-state index in [1.54, 1.807) is 6.07 Å². The van der Waals surface area contributed by atoms with Crippen LogP contribution in [0.2, 0.25) is 0 Å². The molecule has 4 N–H and O–H groups in total. The van der Waals surface area contributed by atoms with Crippen molar-refractivity contribution in [2.24, 2.45) is 5.92 Å². The van der Waals surface area contributed by atoms with Gasteiger partial charge in [0.25, 0.3) is 0 Å². The first-order valence-corrected chi connectivity index (χ1v) is 7.16. The van der Waals surface area contributed by atoms with Crippen LogP contribution < -0.4 is 10.6 Å². The second-order valence-electron chi connectivity index (χ2n) is 5.02. The van der Waals surface area contributed by atoms with Gasteiger partial charge in [-0.1, -0.05) is 19.4 Å². The predicted octanol–water partition coefficient (Wildman–Crippen LogP) is 2.13. The second kappa shape index (κ2) is 9.18. The first-order chi connectivity index (χ1) is 10.1. The van der Waals surface area contributed by atoms with Gasteiger partial charge in [0.05, 0.1) is 0 Å². The summed E-state index contributed by atoms with van der Waals surface area (Å²) >= 11 is 0. The van der Waals surface area contributed by atoms with Crippen molar-refractivity contribution in [3.8, 4) is 5.75 Å². The largest absolute Gasteiger partial charge is 0.505 e. The van der Waals surface area contributed by atoms with Crippen LogP contribution in [0.3, 0.4) is 0 Å². The minimum absolute atomic E-state index is 0.112. The average molecular weight is 298 g/mol. The molecule has 21 heavy (non-hydrogen) atoms. The fourth-order valence-electron chi connectivity index (χ4n) is 2.08. The van der Waals surface area contributed by atoms with Gasteiger partial charge in [0, 0.05) is 19.7 Å². The van der Waals surface area contributed by atoms with Gasteiger partial charge in [-0.2, -0.15) is 0 Å². The summed E-state index contributed by atoms with van der Waals surface area (Å²) in [5, 5.41) is 23.4. The molecule has 0 saturated heterocycles. The summed E-state index contributed by atoms with van der Waals surface area (Å²) in [5.41, 5.74) is 0.570. The van der Waals surface area contributed by atoms with Gasteiger partial charge in [-0.25, -0.2) is 9.18 Å². The summed E-state index contributed by atoms with van der Waals surface area (Å²) in [6, 6.07) is 3.65. The third-order valence-electron chi connectivity index (χ3n) is 3.25. The number of rotatable bonds is 8. The van der Waals surface area contributed by atoms with Gasteiger partial charge >= 0.3 is 6.03 Å². The van der Waals surface area contributed by atoms with Crippen LogP contribution in [0, 0.1) is 11.7 Å². The molecule has 5 nitrogen and oxygen atoms in total. The maximum absolute atomic E-state index is 13.1. The van der Waals surface area contributed by atoms with Crippen molar-refractivity contribution >= 4 is 6.03 Å². The Morgan fingerprint density at radius 3 is 2.71 bits per heavy atom. The molecule has 0 aliphatic heterocycles. The molecule has 0 aliphatic carbocycles. The first-order valence-electron chi connectivity index (χ1n) is 7.16. The highest BCUT2D eigenvalue weighted by atomic mass is 19.1.